The molecule has 3 aromatic carbocycles. The Kier molecular flexibility index (Phi) is 5.94. The minimum absolute atomic E-state index is 0.284. The van der Waals surface area contributed by atoms with Gasteiger partial charge in [0.1, 0.15) is 24.4 Å². The summed E-state index contributed by atoms with van der Waals surface area (Å²) in [5, 5.41) is 0. The fourth-order valence-electron chi connectivity index (χ4n) is 4.59. The zero-order valence-corrected chi connectivity index (χ0v) is 18.1. The van der Waals surface area contributed by atoms with E-state index >= 15 is 0 Å². The van der Waals surface area contributed by atoms with Crippen molar-refractivity contribution in [2.45, 2.75) is 43.3 Å². The van der Waals surface area contributed by atoms with Crippen molar-refractivity contribution >= 4 is 0 Å². The predicted octanol–water partition coefficient (Wildman–Crippen LogP) is 4.70. The SMILES string of the molecule is c1ccc([C@@H]2O[C@H]([C@H]3CO[C@@H](c4ccccc4)O3)[C@H]3O[C@@H](c4ccccc4)OC[C@H]3O2)cc1. The zero-order valence-electron chi connectivity index (χ0n) is 18.1. The van der Waals surface area contributed by atoms with Gasteiger partial charge in [-0.2, -0.15) is 0 Å². The van der Waals surface area contributed by atoms with E-state index in [9.17, 15) is 0 Å². The molecule has 6 heteroatoms. The number of hydrogen-bond acceptors (Lipinski definition) is 6. The molecule has 0 unspecified atom stereocenters. The first kappa shape index (κ1) is 21.0. The third-order valence-electron chi connectivity index (χ3n) is 6.25. The van der Waals surface area contributed by atoms with E-state index in [-0.39, 0.29) is 24.4 Å². The smallest absolute Gasteiger partial charge is 0.184 e. The summed E-state index contributed by atoms with van der Waals surface area (Å²) >= 11 is 0. The lowest BCUT2D eigenvalue weighted by molar-refractivity contribution is -0.373. The first-order valence-electron chi connectivity index (χ1n) is 11.3. The van der Waals surface area contributed by atoms with Crippen LogP contribution in [0.2, 0.25) is 0 Å². The van der Waals surface area contributed by atoms with Gasteiger partial charge in [-0.05, 0) is 0 Å². The van der Waals surface area contributed by atoms with E-state index in [1.807, 2.05) is 91.0 Å². The highest BCUT2D eigenvalue weighted by atomic mass is 16.8. The molecule has 3 heterocycles. The second kappa shape index (κ2) is 9.35. The van der Waals surface area contributed by atoms with Gasteiger partial charge in [0, 0.05) is 16.7 Å². The van der Waals surface area contributed by atoms with E-state index in [0.29, 0.717) is 13.2 Å². The van der Waals surface area contributed by atoms with E-state index in [0.717, 1.165) is 16.7 Å². The fraction of sp³-hybridized carbons (Fsp3) is 0.333. The first-order chi connectivity index (χ1) is 16.3. The van der Waals surface area contributed by atoms with Crippen molar-refractivity contribution in [1.82, 2.24) is 0 Å². The summed E-state index contributed by atoms with van der Waals surface area (Å²) in [6, 6.07) is 29.8. The van der Waals surface area contributed by atoms with E-state index in [2.05, 4.69) is 0 Å². The molecule has 3 aliphatic heterocycles. The molecule has 7 atom stereocenters. The highest BCUT2D eigenvalue weighted by Gasteiger charge is 2.50. The van der Waals surface area contributed by atoms with Crippen LogP contribution >= 0.6 is 0 Å². The van der Waals surface area contributed by atoms with Crippen LogP contribution < -0.4 is 0 Å². The Bertz CT molecular complexity index is 1030. The van der Waals surface area contributed by atoms with Crippen molar-refractivity contribution in [2.24, 2.45) is 0 Å². The Hall–Kier alpha value is -2.58. The number of hydrogen-bond donors (Lipinski definition) is 0. The summed E-state index contributed by atoms with van der Waals surface area (Å²) in [6.07, 6.45) is -2.76. The molecule has 0 radical (unpaired) electrons. The van der Waals surface area contributed by atoms with Gasteiger partial charge in [-0.15, -0.1) is 0 Å². The summed E-state index contributed by atoms with van der Waals surface area (Å²) in [7, 11) is 0. The molecular formula is C27H26O6. The minimum atomic E-state index is -0.530. The van der Waals surface area contributed by atoms with Gasteiger partial charge in [0.25, 0.3) is 0 Å². The second-order valence-corrected chi connectivity index (χ2v) is 8.44. The standard InChI is InChI=1S/C27H26O6/c1-4-10-18(11-5-1)25-28-16-21(30-25)24-23-22(31-27(33-24)20-14-8-3-9-15-20)17-29-26(32-23)19-12-6-2-7-13-19/h1-15,21-27H,16-17H2/t21-,22-,23+,24-,25-,26+,27+/m1/s1. The van der Waals surface area contributed by atoms with Gasteiger partial charge in [-0.1, -0.05) is 91.0 Å². The third kappa shape index (κ3) is 4.34. The normalized spacial score (nSPS) is 34.0. The molecule has 3 aliphatic rings. The molecule has 0 bridgehead atoms. The maximum atomic E-state index is 6.49. The van der Waals surface area contributed by atoms with Crippen LogP contribution in [0.5, 0.6) is 0 Å². The molecule has 0 amide bonds. The molecule has 0 aromatic heterocycles. The van der Waals surface area contributed by atoms with Crippen LogP contribution in [0.4, 0.5) is 0 Å². The van der Waals surface area contributed by atoms with Crippen LogP contribution in [-0.2, 0) is 28.4 Å². The summed E-state index contributed by atoms with van der Waals surface area (Å²) in [6.45, 7) is 0.818. The Morgan fingerprint density at radius 3 is 1.27 bits per heavy atom. The van der Waals surface area contributed by atoms with Crippen molar-refractivity contribution < 1.29 is 28.4 Å². The molecular weight excluding hydrogens is 420 g/mol. The van der Waals surface area contributed by atoms with E-state index in [1.54, 1.807) is 0 Å². The van der Waals surface area contributed by atoms with Gasteiger partial charge in [0.15, 0.2) is 18.9 Å². The fourth-order valence-corrected chi connectivity index (χ4v) is 4.59. The molecule has 3 saturated heterocycles. The van der Waals surface area contributed by atoms with Crippen molar-refractivity contribution in [3.8, 4) is 0 Å². The van der Waals surface area contributed by atoms with E-state index in [1.165, 1.54) is 0 Å². The molecule has 0 N–H and O–H groups in total. The van der Waals surface area contributed by atoms with Crippen molar-refractivity contribution in [3.05, 3.63) is 108 Å². The number of fused-ring (bicyclic) bond motifs is 1. The van der Waals surface area contributed by atoms with Gasteiger partial charge in [0.05, 0.1) is 13.2 Å². The zero-order chi connectivity index (χ0) is 22.0. The van der Waals surface area contributed by atoms with Crippen LogP contribution in [0.15, 0.2) is 91.0 Å². The largest absolute Gasteiger partial charge is 0.346 e. The molecule has 3 fully saturated rings. The topological polar surface area (TPSA) is 55.4 Å². The van der Waals surface area contributed by atoms with Crippen LogP contribution in [0.25, 0.3) is 0 Å². The van der Waals surface area contributed by atoms with Crippen molar-refractivity contribution in [3.63, 3.8) is 0 Å². The monoisotopic (exact) mass is 446 g/mol. The lowest BCUT2D eigenvalue weighted by Gasteiger charge is -2.47. The summed E-state index contributed by atoms with van der Waals surface area (Å²) in [4.78, 5) is 0. The van der Waals surface area contributed by atoms with E-state index < -0.39 is 18.9 Å². The summed E-state index contributed by atoms with van der Waals surface area (Å²) in [5.41, 5.74) is 2.90. The maximum Gasteiger partial charge on any atom is 0.184 e. The Morgan fingerprint density at radius 1 is 0.424 bits per heavy atom. The Balaban J connectivity index is 1.26. The lowest BCUT2D eigenvalue weighted by atomic mass is 9.99. The average Bonchev–Trinajstić information content (AvgIpc) is 3.39. The highest BCUT2D eigenvalue weighted by molar-refractivity contribution is 5.19. The quantitative estimate of drug-likeness (QED) is 0.579. The van der Waals surface area contributed by atoms with Crippen molar-refractivity contribution in [1.29, 1.82) is 0 Å². The molecule has 6 rings (SSSR count). The molecule has 0 aliphatic carbocycles. The molecule has 0 spiro atoms. The molecule has 33 heavy (non-hydrogen) atoms. The molecule has 3 aromatic rings. The third-order valence-corrected chi connectivity index (χ3v) is 6.25. The van der Waals surface area contributed by atoms with Gasteiger partial charge < -0.3 is 28.4 Å². The number of benzene rings is 3. The Morgan fingerprint density at radius 2 is 0.788 bits per heavy atom. The number of rotatable bonds is 4. The van der Waals surface area contributed by atoms with Gasteiger partial charge in [-0.3, -0.25) is 0 Å². The summed E-state index contributed by atoms with van der Waals surface area (Å²) < 4.78 is 37.6. The van der Waals surface area contributed by atoms with Crippen LogP contribution in [-0.4, -0.2) is 37.6 Å². The second-order valence-electron chi connectivity index (χ2n) is 8.44. The highest BCUT2D eigenvalue weighted by Crippen LogP contribution is 2.41. The van der Waals surface area contributed by atoms with E-state index in [4.69, 9.17) is 28.4 Å². The first-order valence-corrected chi connectivity index (χ1v) is 11.3. The molecule has 170 valence electrons. The van der Waals surface area contributed by atoms with Gasteiger partial charge in [-0.25, -0.2) is 0 Å². The molecule has 0 saturated carbocycles. The minimum Gasteiger partial charge on any atom is -0.346 e. The van der Waals surface area contributed by atoms with Gasteiger partial charge >= 0.3 is 0 Å². The summed E-state index contributed by atoms with van der Waals surface area (Å²) in [5.74, 6) is 0. The maximum absolute atomic E-state index is 6.49. The van der Waals surface area contributed by atoms with Gasteiger partial charge in [0.2, 0.25) is 0 Å². The molecule has 6 nitrogen and oxygen atoms in total. The van der Waals surface area contributed by atoms with Crippen LogP contribution in [0.3, 0.4) is 0 Å². The lowest BCUT2D eigenvalue weighted by Crippen LogP contribution is -2.58. The average molecular weight is 446 g/mol. The van der Waals surface area contributed by atoms with Crippen LogP contribution in [0.1, 0.15) is 35.6 Å². The van der Waals surface area contributed by atoms with Crippen LogP contribution in [0, 0.1) is 0 Å². The number of ether oxygens (including phenoxy) is 6. The Labute approximate surface area is 192 Å². The predicted molar refractivity (Wildman–Crippen MR) is 119 cm³/mol. The van der Waals surface area contributed by atoms with Crippen molar-refractivity contribution in [2.75, 3.05) is 13.2 Å².